The number of halogens is 2. The number of nitrogens with zero attached hydrogens (tertiary/aromatic N) is 1. The van der Waals surface area contributed by atoms with Crippen molar-refractivity contribution < 1.29 is 9.72 Å². The summed E-state index contributed by atoms with van der Waals surface area (Å²) in [4.78, 5) is 20.9. The van der Waals surface area contributed by atoms with Gasteiger partial charge in [0.05, 0.1) is 9.40 Å². The minimum atomic E-state index is -0.517. The maximum atomic E-state index is 10.9. The molecule has 0 aliphatic carbocycles. The number of hydrogen-bond donors (Lipinski definition) is 1. The highest BCUT2D eigenvalue weighted by molar-refractivity contribution is 9.10. The van der Waals surface area contributed by atoms with Crippen LogP contribution in [0, 0.1) is 10.1 Å². The second kappa shape index (κ2) is 5.09. The summed E-state index contributed by atoms with van der Waals surface area (Å²) < 4.78 is 0.305. The monoisotopic (exact) mass is 292 g/mol. The van der Waals surface area contributed by atoms with Crippen LogP contribution in [-0.4, -0.2) is 16.7 Å². The number of benzene rings is 1. The number of amides is 1. The minimum absolute atomic E-state index is 0.0566. The number of alkyl halides is 1. The number of nitro benzene ring substituents is 1. The van der Waals surface area contributed by atoms with Gasteiger partial charge in [0.2, 0.25) is 5.91 Å². The van der Waals surface area contributed by atoms with Gasteiger partial charge in [0.1, 0.15) is 5.88 Å². The number of rotatable bonds is 3. The molecule has 0 heterocycles. The summed E-state index contributed by atoms with van der Waals surface area (Å²) >= 11 is 8.33. The Morgan fingerprint density at radius 2 is 2.27 bits per heavy atom. The Bertz CT molecular complexity index is 411. The van der Waals surface area contributed by atoms with Gasteiger partial charge in [0, 0.05) is 11.8 Å². The molecular formula is C8H6BrClN2O3. The lowest BCUT2D eigenvalue weighted by molar-refractivity contribution is -0.385. The van der Waals surface area contributed by atoms with Crippen LogP contribution in [0.4, 0.5) is 11.4 Å². The molecule has 0 saturated heterocycles. The van der Waals surface area contributed by atoms with E-state index in [-0.39, 0.29) is 17.5 Å². The maximum Gasteiger partial charge on any atom is 0.283 e. The van der Waals surface area contributed by atoms with Gasteiger partial charge in [-0.25, -0.2) is 0 Å². The highest BCUT2D eigenvalue weighted by Gasteiger charge is 2.12. The molecule has 0 atom stereocenters. The third kappa shape index (κ3) is 3.17. The topological polar surface area (TPSA) is 72.2 Å². The number of nitro groups is 1. The average Bonchev–Trinajstić information content (AvgIpc) is 2.17. The molecule has 5 nitrogen and oxygen atoms in total. The predicted molar refractivity (Wildman–Crippen MR) is 60.1 cm³/mol. The molecule has 15 heavy (non-hydrogen) atoms. The lowest BCUT2D eigenvalue weighted by Crippen LogP contribution is -2.12. The largest absolute Gasteiger partial charge is 0.325 e. The van der Waals surface area contributed by atoms with E-state index in [0.29, 0.717) is 10.2 Å². The summed E-state index contributed by atoms with van der Waals surface area (Å²) in [5.74, 6) is -0.522. The summed E-state index contributed by atoms with van der Waals surface area (Å²) in [5, 5.41) is 13.0. The fourth-order valence-electron chi connectivity index (χ4n) is 0.927. The Morgan fingerprint density at radius 1 is 1.60 bits per heavy atom. The third-order valence-corrected chi connectivity index (χ3v) is 2.43. The first-order valence-corrected chi connectivity index (χ1v) is 5.17. The van der Waals surface area contributed by atoms with E-state index in [0.717, 1.165) is 0 Å². The van der Waals surface area contributed by atoms with Crippen LogP contribution in [0.15, 0.2) is 22.7 Å². The maximum absolute atomic E-state index is 10.9. The molecule has 80 valence electrons. The lowest BCUT2D eigenvalue weighted by Gasteiger charge is -2.03. The van der Waals surface area contributed by atoms with Crippen LogP contribution in [0.1, 0.15) is 0 Å². The van der Waals surface area contributed by atoms with Crippen molar-refractivity contribution in [2.24, 2.45) is 0 Å². The van der Waals surface area contributed by atoms with Gasteiger partial charge in [0.25, 0.3) is 5.69 Å². The van der Waals surface area contributed by atoms with Crippen LogP contribution in [0.25, 0.3) is 0 Å². The highest BCUT2D eigenvalue weighted by atomic mass is 79.9. The van der Waals surface area contributed by atoms with E-state index in [4.69, 9.17) is 11.6 Å². The van der Waals surface area contributed by atoms with Crippen LogP contribution in [0.5, 0.6) is 0 Å². The number of nitrogens with one attached hydrogen (secondary N) is 1. The standard InChI is InChI=1S/C8H6BrClN2O3/c9-6-3-5(11-8(13)4-10)1-2-7(6)12(14)15/h1-3H,4H2,(H,11,13). The van der Waals surface area contributed by atoms with Gasteiger partial charge in [0.15, 0.2) is 0 Å². The van der Waals surface area contributed by atoms with Gasteiger partial charge < -0.3 is 5.32 Å². The summed E-state index contributed by atoms with van der Waals surface area (Å²) in [6.45, 7) is 0. The van der Waals surface area contributed by atoms with E-state index in [1.807, 2.05) is 0 Å². The van der Waals surface area contributed by atoms with E-state index >= 15 is 0 Å². The zero-order valence-electron chi connectivity index (χ0n) is 7.37. The third-order valence-electron chi connectivity index (χ3n) is 1.55. The second-order valence-corrected chi connectivity index (χ2v) is 3.73. The van der Waals surface area contributed by atoms with Crippen LogP contribution in [0.3, 0.4) is 0 Å². The fourth-order valence-corrected chi connectivity index (χ4v) is 1.52. The molecule has 1 N–H and O–H groups in total. The van der Waals surface area contributed by atoms with Crippen molar-refractivity contribution in [3.8, 4) is 0 Å². The first kappa shape index (κ1) is 11.9. The molecule has 0 radical (unpaired) electrons. The Morgan fingerprint density at radius 3 is 2.73 bits per heavy atom. The molecule has 0 spiro atoms. The number of hydrogen-bond acceptors (Lipinski definition) is 3. The van der Waals surface area contributed by atoms with Crippen molar-refractivity contribution in [1.82, 2.24) is 0 Å². The van der Waals surface area contributed by atoms with E-state index in [2.05, 4.69) is 21.2 Å². The lowest BCUT2D eigenvalue weighted by atomic mass is 10.3. The molecule has 0 fully saturated rings. The number of anilines is 1. The van der Waals surface area contributed by atoms with Crippen LogP contribution >= 0.6 is 27.5 Å². The summed E-state index contributed by atoms with van der Waals surface area (Å²) in [5.41, 5.74) is 0.400. The van der Waals surface area contributed by atoms with Crippen molar-refractivity contribution >= 4 is 44.8 Å². The second-order valence-electron chi connectivity index (χ2n) is 2.61. The Hall–Kier alpha value is -1.14. The van der Waals surface area contributed by atoms with Gasteiger partial charge >= 0.3 is 0 Å². The zero-order chi connectivity index (χ0) is 11.4. The summed E-state index contributed by atoms with van der Waals surface area (Å²) in [6.07, 6.45) is 0. The normalized spacial score (nSPS) is 9.73. The molecule has 0 unspecified atom stereocenters. The molecule has 1 rings (SSSR count). The molecule has 0 saturated carbocycles. The predicted octanol–water partition coefficient (Wildman–Crippen LogP) is 2.53. The van der Waals surface area contributed by atoms with Gasteiger partial charge in [-0.2, -0.15) is 0 Å². The zero-order valence-corrected chi connectivity index (χ0v) is 9.71. The quantitative estimate of drug-likeness (QED) is 0.529. The Labute approximate surface area is 98.7 Å². The molecule has 1 amide bonds. The van der Waals surface area contributed by atoms with Crippen molar-refractivity contribution in [2.45, 2.75) is 0 Å². The first-order chi connectivity index (χ1) is 7.04. The molecule has 7 heteroatoms. The molecule has 1 aromatic rings. The first-order valence-electron chi connectivity index (χ1n) is 3.84. The average molecular weight is 294 g/mol. The summed E-state index contributed by atoms with van der Waals surface area (Å²) in [7, 11) is 0. The molecule has 0 bridgehead atoms. The van der Waals surface area contributed by atoms with E-state index in [1.54, 1.807) is 0 Å². The van der Waals surface area contributed by atoms with Crippen molar-refractivity contribution in [1.29, 1.82) is 0 Å². The number of carbonyl (C=O) groups excluding carboxylic acids is 1. The highest BCUT2D eigenvalue weighted by Crippen LogP contribution is 2.27. The van der Waals surface area contributed by atoms with Gasteiger partial charge in [-0.1, -0.05) is 0 Å². The molecular weight excluding hydrogens is 287 g/mol. The Kier molecular flexibility index (Phi) is 4.05. The van der Waals surface area contributed by atoms with E-state index < -0.39 is 4.92 Å². The van der Waals surface area contributed by atoms with Crippen LogP contribution < -0.4 is 5.32 Å². The van der Waals surface area contributed by atoms with E-state index in [1.165, 1.54) is 18.2 Å². The molecule has 0 aliphatic rings. The fraction of sp³-hybridized carbons (Fsp3) is 0.125. The van der Waals surface area contributed by atoms with E-state index in [9.17, 15) is 14.9 Å². The summed E-state index contributed by atoms with van der Waals surface area (Å²) in [6, 6.07) is 4.18. The Balaban J connectivity index is 2.91. The minimum Gasteiger partial charge on any atom is -0.325 e. The van der Waals surface area contributed by atoms with Crippen LogP contribution in [0.2, 0.25) is 0 Å². The van der Waals surface area contributed by atoms with Crippen molar-refractivity contribution in [3.63, 3.8) is 0 Å². The van der Waals surface area contributed by atoms with Gasteiger partial charge in [-0.15, -0.1) is 11.6 Å². The molecule has 1 aromatic carbocycles. The molecule has 0 aliphatic heterocycles. The van der Waals surface area contributed by atoms with Crippen molar-refractivity contribution in [2.75, 3.05) is 11.2 Å². The smallest absolute Gasteiger partial charge is 0.283 e. The molecule has 0 aromatic heterocycles. The van der Waals surface area contributed by atoms with Crippen molar-refractivity contribution in [3.05, 3.63) is 32.8 Å². The number of carbonyl (C=O) groups is 1. The van der Waals surface area contributed by atoms with Crippen LogP contribution in [-0.2, 0) is 4.79 Å². The van der Waals surface area contributed by atoms with Gasteiger partial charge in [-0.3, -0.25) is 14.9 Å². The SMILES string of the molecule is O=C(CCl)Nc1ccc([N+](=O)[O-])c(Br)c1. The van der Waals surface area contributed by atoms with Gasteiger partial charge in [-0.05, 0) is 28.1 Å².